The van der Waals surface area contributed by atoms with Crippen LogP contribution in [-0.2, 0) is 6.18 Å². The summed E-state index contributed by atoms with van der Waals surface area (Å²) in [5.41, 5.74) is 3.41. The van der Waals surface area contributed by atoms with Gasteiger partial charge in [-0.2, -0.15) is 13.2 Å². The molecule has 0 bridgehead atoms. The van der Waals surface area contributed by atoms with Gasteiger partial charge in [0, 0.05) is 4.88 Å². The molecule has 0 aliphatic rings. The van der Waals surface area contributed by atoms with Gasteiger partial charge < -0.3 is 0 Å². The summed E-state index contributed by atoms with van der Waals surface area (Å²) in [7, 11) is 0. The van der Waals surface area contributed by atoms with Gasteiger partial charge in [0.1, 0.15) is 0 Å². The van der Waals surface area contributed by atoms with Crippen molar-refractivity contribution in [3.05, 3.63) is 55.7 Å². The molecule has 0 spiro atoms. The topological polar surface area (TPSA) is 38.0 Å². The second-order valence-electron chi connectivity index (χ2n) is 4.33. The molecule has 0 fully saturated rings. The summed E-state index contributed by atoms with van der Waals surface area (Å²) < 4.78 is 39.2. The third kappa shape index (κ3) is 3.22. The minimum atomic E-state index is -4.36. The zero-order valence-electron chi connectivity index (χ0n) is 10.5. The Bertz CT molecular complexity index is 590. The fraction of sp³-hybridized carbons (Fsp3) is 0.231. The molecule has 1 aromatic carbocycles. The van der Waals surface area contributed by atoms with Gasteiger partial charge in [-0.1, -0.05) is 12.1 Å². The maximum Gasteiger partial charge on any atom is 0.416 e. The Balaban J connectivity index is 2.42. The predicted octanol–water partition coefficient (Wildman–Crippen LogP) is 4.39. The number of benzene rings is 1. The number of alkyl halides is 3. The van der Waals surface area contributed by atoms with Crippen LogP contribution in [-0.4, -0.2) is 0 Å². The maximum atomic E-state index is 12.7. The molecular formula is C13H12BrF3N2S. The number of nitrogens with one attached hydrogen (secondary N) is 1. The Hall–Kier alpha value is -0.890. The Morgan fingerprint density at radius 1 is 1.30 bits per heavy atom. The fourth-order valence-corrected chi connectivity index (χ4v) is 3.52. The fourth-order valence-electron chi connectivity index (χ4n) is 1.86. The first-order valence-electron chi connectivity index (χ1n) is 5.72. The number of thiophene rings is 1. The van der Waals surface area contributed by atoms with Crippen molar-refractivity contribution in [2.24, 2.45) is 5.84 Å². The predicted molar refractivity (Wildman–Crippen MR) is 77.4 cm³/mol. The van der Waals surface area contributed by atoms with E-state index >= 15 is 0 Å². The van der Waals surface area contributed by atoms with Gasteiger partial charge in [0.2, 0.25) is 0 Å². The van der Waals surface area contributed by atoms with Crippen molar-refractivity contribution in [3.63, 3.8) is 0 Å². The first-order chi connectivity index (χ1) is 9.32. The van der Waals surface area contributed by atoms with E-state index in [0.717, 1.165) is 26.4 Å². The molecular weight excluding hydrogens is 353 g/mol. The number of hydrogen-bond acceptors (Lipinski definition) is 3. The van der Waals surface area contributed by atoms with E-state index in [1.165, 1.54) is 17.4 Å². The summed E-state index contributed by atoms with van der Waals surface area (Å²) in [4.78, 5) is 0.858. The lowest BCUT2D eigenvalue weighted by Gasteiger charge is -2.16. The second kappa shape index (κ2) is 5.85. The summed E-state index contributed by atoms with van der Waals surface area (Å²) in [6.45, 7) is 1.92. The van der Waals surface area contributed by atoms with E-state index in [-0.39, 0.29) is 0 Å². The van der Waals surface area contributed by atoms with E-state index in [2.05, 4.69) is 21.4 Å². The average Bonchev–Trinajstić information content (AvgIpc) is 2.69. The quantitative estimate of drug-likeness (QED) is 0.626. The number of nitrogens with two attached hydrogens (primary N) is 1. The monoisotopic (exact) mass is 364 g/mol. The maximum absolute atomic E-state index is 12.7. The molecule has 3 N–H and O–H groups in total. The highest BCUT2D eigenvalue weighted by Gasteiger charge is 2.31. The van der Waals surface area contributed by atoms with E-state index in [4.69, 9.17) is 5.84 Å². The molecule has 1 aromatic heterocycles. The number of hydrogen-bond donors (Lipinski definition) is 2. The summed E-state index contributed by atoms with van der Waals surface area (Å²) >= 11 is 4.85. The first-order valence-corrected chi connectivity index (χ1v) is 7.33. The van der Waals surface area contributed by atoms with Crippen molar-refractivity contribution >= 4 is 27.3 Å². The summed E-state index contributed by atoms with van der Waals surface area (Å²) in [5.74, 6) is 5.52. The minimum Gasteiger partial charge on any atom is -0.271 e. The highest BCUT2D eigenvalue weighted by atomic mass is 79.9. The highest BCUT2D eigenvalue weighted by molar-refractivity contribution is 9.11. The summed E-state index contributed by atoms with van der Waals surface area (Å²) in [6.07, 6.45) is -4.36. The molecule has 0 aliphatic carbocycles. The largest absolute Gasteiger partial charge is 0.416 e. The molecule has 1 atom stereocenters. The Morgan fingerprint density at radius 2 is 2.00 bits per heavy atom. The van der Waals surface area contributed by atoms with Crippen molar-refractivity contribution in [1.82, 2.24) is 5.43 Å². The highest BCUT2D eigenvalue weighted by Crippen LogP contribution is 2.36. The van der Waals surface area contributed by atoms with Crippen LogP contribution in [0.2, 0.25) is 0 Å². The molecule has 0 radical (unpaired) electrons. The minimum absolute atomic E-state index is 0.465. The van der Waals surface area contributed by atoms with Gasteiger partial charge >= 0.3 is 6.18 Å². The van der Waals surface area contributed by atoms with E-state index in [1.54, 1.807) is 6.07 Å². The molecule has 20 heavy (non-hydrogen) atoms. The lowest BCUT2D eigenvalue weighted by Crippen LogP contribution is -2.28. The van der Waals surface area contributed by atoms with Crippen LogP contribution in [0.5, 0.6) is 0 Å². The van der Waals surface area contributed by atoms with Crippen LogP contribution in [0.3, 0.4) is 0 Å². The normalized spacial score (nSPS) is 13.5. The number of halogens is 4. The van der Waals surface area contributed by atoms with Crippen molar-refractivity contribution < 1.29 is 13.2 Å². The Labute approximate surface area is 126 Å². The van der Waals surface area contributed by atoms with E-state index in [0.29, 0.717) is 5.56 Å². The van der Waals surface area contributed by atoms with Gasteiger partial charge in [0.05, 0.1) is 15.4 Å². The lowest BCUT2D eigenvalue weighted by atomic mass is 10.0. The molecule has 0 saturated heterocycles. The van der Waals surface area contributed by atoms with Crippen LogP contribution < -0.4 is 11.3 Å². The second-order valence-corrected chi connectivity index (χ2v) is 6.73. The lowest BCUT2D eigenvalue weighted by molar-refractivity contribution is -0.137. The molecule has 1 heterocycles. The van der Waals surface area contributed by atoms with Crippen LogP contribution >= 0.6 is 27.3 Å². The standard InChI is InChI=1S/C13H12BrF3N2S/c1-7-5-10(20-12(7)14)11(19-18)8-3-2-4-9(6-8)13(15,16)17/h2-6,11,19H,18H2,1H3. The van der Waals surface area contributed by atoms with Crippen LogP contribution in [0.1, 0.15) is 27.6 Å². The molecule has 2 nitrogen and oxygen atoms in total. The summed E-state index contributed by atoms with van der Waals surface area (Å²) in [6, 6.07) is 6.62. The van der Waals surface area contributed by atoms with Gasteiger partial charge in [0.25, 0.3) is 0 Å². The van der Waals surface area contributed by atoms with Crippen LogP contribution in [0.25, 0.3) is 0 Å². The first kappa shape index (κ1) is 15.5. The molecule has 0 saturated carbocycles. The van der Waals surface area contributed by atoms with E-state index in [9.17, 15) is 13.2 Å². The van der Waals surface area contributed by atoms with E-state index < -0.39 is 17.8 Å². The van der Waals surface area contributed by atoms with Gasteiger partial charge in [-0.25, -0.2) is 5.43 Å². The number of hydrazine groups is 1. The van der Waals surface area contributed by atoms with Crippen molar-refractivity contribution in [3.8, 4) is 0 Å². The molecule has 2 rings (SSSR count). The van der Waals surface area contributed by atoms with Crippen LogP contribution in [0.15, 0.2) is 34.1 Å². The Kier molecular flexibility index (Phi) is 4.53. The van der Waals surface area contributed by atoms with Gasteiger partial charge in [-0.15, -0.1) is 11.3 Å². The molecule has 0 amide bonds. The zero-order valence-corrected chi connectivity index (χ0v) is 12.9. The molecule has 0 aliphatic heterocycles. The van der Waals surface area contributed by atoms with Gasteiger partial charge in [-0.05, 0) is 52.2 Å². The third-order valence-corrected chi connectivity index (χ3v) is 5.08. The average molecular weight is 365 g/mol. The number of rotatable bonds is 3. The van der Waals surface area contributed by atoms with Crippen LogP contribution in [0.4, 0.5) is 13.2 Å². The Morgan fingerprint density at radius 3 is 2.50 bits per heavy atom. The number of aryl methyl sites for hydroxylation is 1. The van der Waals surface area contributed by atoms with Gasteiger partial charge in [-0.3, -0.25) is 5.84 Å². The molecule has 108 valence electrons. The van der Waals surface area contributed by atoms with Crippen molar-refractivity contribution in [2.75, 3.05) is 0 Å². The van der Waals surface area contributed by atoms with E-state index in [1.807, 2.05) is 13.0 Å². The zero-order chi connectivity index (χ0) is 14.9. The third-order valence-electron chi connectivity index (χ3n) is 2.87. The van der Waals surface area contributed by atoms with Gasteiger partial charge in [0.15, 0.2) is 0 Å². The van der Waals surface area contributed by atoms with Crippen molar-refractivity contribution in [2.45, 2.75) is 19.1 Å². The summed E-state index contributed by atoms with van der Waals surface area (Å²) in [5, 5.41) is 0. The molecule has 2 aromatic rings. The van der Waals surface area contributed by atoms with Crippen LogP contribution in [0, 0.1) is 6.92 Å². The smallest absolute Gasteiger partial charge is 0.271 e. The SMILES string of the molecule is Cc1cc(C(NN)c2cccc(C(F)(F)F)c2)sc1Br. The van der Waals surface area contributed by atoms with Crippen molar-refractivity contribution in [1.29, 1.82) is 0 Å². The molecule has 1 unspecified atom stereocenters. The molecule has 7 heteroatoms.